The summed E-state index contributed by atoms with van der Waals surface area (Å²) < 4.78 is 0. The van der Waals surface area contributed by atoms with Crippen molar-refractivity contribution < 1.29 is 0 Å². The minimum absolute atomic E-state index is 0.862. The van der Waals surface area contributed by atoms with E-state index >= 15 is 0 Å². The lowest BCUT2D eigenvalue weighted by Crippen LogP contribution is -1.73. The number of hydrogen-bond acceptors (Lipinski definition) is 2. The molecule has 0 radical (unpaired) electrons. The largest absolute Gasteiger partial charge is 0.338 e. The first-order chi connectivity index (χ1) is 9.42. The summed E-state index contributed by atoms with van der Waals surface area (Å²) in [5.41, 5.74) is 3.17. The molecule has 0 atom stereocenters. The van der Waals surface area contributed by atoms with E-state index < -0.39 is 0 Å². The molecular formula is C16H13N3. The van der Waals surface area contributed by atoms with Crippen LogP contribution in [0.1, 0.15) is 11.4 Å². The highest BCUT2D eigenvalue weighted by Crippen LogP contribution is 2.11. The molecule has 2 heterocycles. The normalized spacial score (nSPS) is 11.8. The van der Waals surface area contributed by atoms with Gasteiger partial charge < -0.3 is 4.98 Å². The van der Waals surface area contributed by atoms with E-state index in [1.807, 2.05) is 60.7 Å². The van der Waals surface area contributed by atoms with Crippen LogP contribution in [0.3, 0.4) is 0 Å². The van der Waals surface area contributed by atoms with E-state index in [0.29, 0.717) is 0 Å². The molecule has 0 bridgehead atoms. The number of H-pyrrole nitrogens is 1. The number of pyridine rings is 1. The molecule has 3 heteroatoms. The lowest BCUT2D eigenvalue weighted by molar-refractivity contribution is 1.29. The van der Waals surface area contributed by atoms with Gasteiger partial charge in [0.05, 0.1) is 11.0 Å². The monoisotopic (exact) mass is 247 g/mol. The van der Waals surface area contributed by atoms with E-state index in [9.17, 15) is 0 Å². The number of aromatic amines is 1. The number of nitrogens with one attached hydrogen (secondary N) is 1. The van der Waals surface area contributed by atoms with E-state index in [4.69, 9.17) is 0 Å². The van der Waals surface area contributed by atoms with Crippen LogP contribution in [0.5, 0.6) is 0 Å². The van der Waals surface area contributed by atoms with Crippen LogP contribution in [0.4, 0.5) is 0 Å². The molecule has 0 saturated carbocycles. The van der Waals surface area contributed by atoms with Crippen molar-refractivity contribution in [2.45, 2.75) is 0 Å². The molecular weight excluding hydrogens is 234 g/mol. The smallest absolute Gasteiger partial charge is 0.131 e. The fraction of sp³-hybridized carbons (Fsp3) is 0. The van der Waals surface area contributed by atoms with Crippen molar-refractivity contribution in [3.8, 4) is 0 Å². The number of para-hydroxylation sites is 2. The number of imidazole rings is 1. The van der Waals surface area contributed by atoms with E-state index in [1.165, 1.54) is 0 Å². The number of allylic oxidation sites excluding steroid dienone is 2. The van der Waals surface area contributed by atoms with Crippen molar-refractivity contribution in [1.29, 1.82) is 0 Å². The molecule has 0 aliphatic heterocycles. The van der Waals surface area contributed by atoms with Gasteiger partial charge in [-0.25, -0.2) is 4.98 Å². The summed E-state index contributed by atoms with van der Waals surface area (Å²) in [5.74, 6) is 0.862. The average Bonchev–Trinajstić information content (AvgIpc) is 2.87. The maximum Gasteiger partial charge on any atom is 0.131 e. The maximum atomic E-state index is 4.47. The molecule has 0 amide bonds. The fourth-order valence-electron chi connectivity index (χ4n) is 1.84. The first-order valence-corrected chi connectivity index (χ1v) is 6.11. The van der Waals surface area contributed by atoms with E-state index in [1.54, 1.807) is 12.4 Å². The minimum Gasteiger partial charge on any atom is -0.338 e. The van der Waals surface area contributed by atoms with Crippen LogP contribution >= 0.6 is 0 Å². The van der Waals surface area contributed by atoms with E-state index in [2.05, 4.69) is 15.0 Å². The van der Waals surface area contributed by atoms with E-state index in [0.717, 1.165) is 22.4 Å². The predicted molar refractivity (Wildman–Crippen MR) is 78.4 cm³/mol. The summed E-state index contributed by atoms with van der Waals surface area (Å²) in [6, 6.07) is 11.9. The standard InChI is InChI=1S/C16H13N3/c1(5-13-9-11-17-12-10-13)4-8-16-18-14-6-2-3-7-15(14)19-16/h1-12H,(H,18,19)/b5-1+,8-4+. The summed E-state index contributed by atoms with van der Waals surface area (Å²) in [7, 11) is 0. The Morgan fingerprint density at radius 3 is 2.53 bits per heavy atom. The van der Waals surface area contributed by atoms with Crippen LogP contribution in [0.25, 0.3) is 23.2 Å². The van der Waals surface area contributed by atoms with Gasteiger partial charge in [-0.15, -0.1) is 0 Å². The van der Waals surface area contributed by atoms with Gasteiger partial charge in [0.15, 0.2) is 0 Å². The van der Waals surface area contributed by atoms with Gasteiger partial charge in [0.2, 0.25) is 0 Å². The molecule has 0 fully saturated rings. The van der Waals surface area contributed by atoms with Crippen LogP contribution in [0, 0.1) is 0 Å². The zero-order valence-corrected chi connectivity index (χ0v) is 10.3. The summed E-state index contributed by atoms with van der Waals surface area (Å²) in [6.45, 7) is 0. The summed E-state index contributed by atoms with van der Waals surface area (Å²) in [4.78, 5) is 11.7. The van der Waals surface area contributed by atoms with Gasteiger partial charge in [-0.3, -0.25) is 4.98 Å². The number of aromatic nitrogens is 3. The Morgan fingerprint density at radius 1 is 0.895 bits per heavy atom. The first kappa shape index (κ1) is 11.4. The Balaban J connectivity index is 1.74. The molecule has 0 spiro atoms. The van der Waals surface area contributed by atoms with Crippen LogP contribution in [0.2, 0.25) is 0 Å². The van der Waals surface area contributed by atoms with Crippen molar-refractivity contribution in [2.24, 2.45) is 0 Å². The van der Waals surface area contributed by atoms with Crippen LogP contribution in [0.15, 0.2) is 60.9 Å². The third-order valence-electron chi connectivity index (χ3n) is 2.77. The third-order valence-corrected chi connectivity index (χ3v) is 2.77. The average molecular weight is 247 g/mol. The Kier molecular flexibility index (Phi) is 3.19. The molecule has 19 heavy (non-hydrogen) atoms. The van der Waals surface area contributed by atoms with Crippen LogP contribution in [-0.2, 0) is 0 Å². The number of hydrogen-bond donors (Lipinski definition) is 1. The van der Waals surface area contributed by atoms with Gasteiger partial charge in [-0.1, -0.05) is 30.4 Å². The van der Waals surface area contributed by atoms with Gasteiger partial charge in [0.1, 0.15) is 5.82 Å². The SMILES string of the molecule is C(/C=C/c1nc2ccccc2[nH]1)=C\c1ccncc1. The molecule has 92 valence electrons. The van der Waals surface area contributed by atoms with Crippen LogP contribution < -0.4 is 0 Å². The highest BCUT2D eigenvalue weighted by molar-refractivity contribution is 5.76. The van der Waals surface area contributed by atoms with Gasteiger partial charge in [0.25, 0.3) is 0 Å². The quantitative estimate of drug-likeness (QED) is 0.717. The van der Waals surface area contributed by atoms with Gasteiger partial charge in [-0.05, 0) is 35.9 Å². The zero-order valence-electron chi connectivity index (χ0n) is 10.3. The lowest BCUT2D eigenvalue weighted by Gasteiger charge is -1.87. The molecule has 1 aromatic carbocycles. The van der Waals surface area contributed by atoms with Crippen molar-refractivity contribution in [1.82, 2.24) is 15.0 Å². The van der Waals surface area contributed by atoms with Gasteiger partial charge in [0, 0.05) is 12.4 Å². The molecule has 2 aromatic heterocycles. The van der Waals surface area contributed by atoms with Gasteiger partial charge in [-0.2, -0.15) is 0 Å². The molecule has 3 nitrogen and oxygen atoms in total. The molecule has 1 N–H and O–H groups in total. The lowest BCUT2D eigenvalue weighted by atomic mass is 10.2. The Hall–Kier alpha value is -2.68. The summed E-state index contributed by atoms with van der Waals surface area (Å²) in [5, 5.41) is 0. The second-order valence-electron chi connectivity index (χ2n) is 4.14. The Bertz CT molecular complexity index is 691. The van der Waals surface area contributed by atoms with Crippen molar-refractivity contribution in [2.75, 3.05) is 0 Å². The van der Waals surface area contributed by atoms with Crippen molar-refractivity contribution >= 4 is 23.2 Å². The molecule has 0 unspecified atom stereocenters. The molecule has 0 saturated heterocycles. The molecule has 3 aromatic rings. The molecule has 0 aliphatic rings. The zero-order chi connectivity index (χ0) is 12.9. The number of nitrogens with zero attached hydrogens (tertiary/aromatic N) is 2. The topological polar surface area (TPSA) is 41.6 Å². The minimum atomic E-state index is 0.862. The highest BCUT2D eigenvalue weighted by atomic mass is 14.9. The van der Waals surface area contributed by atoms with E-state index in [-0.39, 0.29) is 0 Å². The van der Waals surface area contributed by atoms with Crippen molar-refractivity contribution in [3.63, 3.8) is 0 Å². The fourth-order valence-corrected chi connectivity index (χ4v) is 1.84. The number of benzene rings is 1. The first-order valence-electron chi connectivity index (χ1n) is 6.11. The Labute approximate surface area is 111 Å². The van der Waals surface area contributed by atoms with Crippen molar-refractivity contribution in [3.05, 3.63) is 72.3 Å². The number of fused-ring (bicyclic) bond motifs is 1. The Morgan fingerprint density at radius 2 is 1.68 bits per heavy atom. The van der Waals surface area contributed by atoms with Gasteiger partial charge >= 0.3 is 0 Å². The second-order valence-corrected chi connectivity index (χ2v) is 4.14. The molecule has 0 aliphatic carbocycles. The van der Waals surface area contributed by atoms with Crippen LogP contribution in [-0.4, -0.2) is 15.0 Å². The third kappa shape index (κ3) is 2.77. The number of rotatable bonds is 3. The summed E-state index contributed by atoms with van der Waals surface area (Å²) in [6.07, 6.45) is 11.5. The summed E-state index contributed by atoms with van der Waals surface area (Å²) >= 11 is 0. The molecule has 3 rings (SSSR count). The highest BCUT2D eigenvalue weighted by Gasteiger charge is 1.96. The maximum absolute atomic E-state index is 4.47. The predicted octanol–water partition coefficient (Wildman–Crippen LogP) is 3.68. The second kappa shape index (κ2) is 5.31.